The van der Waals surface area contributed by atoms with E-state index in [1.807, 2.05) is 43.9 Å². The number of rotatable bonds is 4. The Morgan fingerprint density at radius 1 is 1.11 bits per heavy atom. The number of benzene rings is 2. The lowest BCUT2D eigenvalue weighted by molar-refractivity contribution is 0.0282. The average Bonchev–Trinajstić information content (AvgIpc) is 3.39. The quantitative estimate of drug-likeness (QED) is 0.554. The van der Waals surface area contributed by atoms with Crippen molar-refractivity contribution in [1.29, 1.82) is 0 Å². The van der Waals surface area contributed by atoms with Crippen molar-refractivity contribution in [3.63, 3.8) is 0 Å². The second-order valence-corrected chi connectivity index (χ2v) is 10.8. The van der Waals surface area contributed by atoms with Gasteiger partial charge in [-0.25, -0.2) is 9.89 Å². The third-order valence-electron chi connectivity index (χ3n) is 6.70. The number of fused-ring (bicyclic) bond motifs is 2. The van der Waals surface area contributed by atoms with E-state index in [0.29, 0.717) is 29.2 Å². The summed E-state index contributed by atoms with van der Waals surface area (Å²) in [5.74, 6) is 0.883. The molecule has 184 valence electrons. The van der Waals surface area contributed by atoms with Crippen molar-refractivity contribution in [2.24, 2.45) is 11.8 Å². The Bertz CT molecular complexity index is 1300. The molecule has 5 rings (SSSR count). The van der Waals surface area contributed by atoms with Crippen molar-refractivity contribution in [2.45, 2.75) is 32.9 Å². The molecular formula is C26H30ClN5O3. The third kappa shape index (κ3) is 4.93. The van der Waals surface area contributed by atoms with Crippen LogP contribution in [0.5, 0.6) is 0 Å². The van der Waals surface area contributed by atoms with Crippen LogP contribution in [0.1, 0.15) is 26.3 Å². The predicted octanol–water partition coefficient (Wildman–Crippen LogP) is 4.49. The molecule has 2 saturated heterocycles. The number of amides is 1. The van der Waals surface area contributed by atoms with Gasteiger partial charge in [-0.1, -0.05) is 29.8 Å². The zero-order chi connectivity index (χ0) is 24.7. The molecule has 0 saturated carbocycles. The molecule has 0 radical (unpaired) electrons. The maximum atomic E-state index is 12.5. The minimum atomic E-state index is -0.477. The lowest BCUT2D eigenvalue weighted by Crippen LogP contribution is -2.37. The fraction of sp³-hybridized carbons (Fsp3) is 0.423. The van der Waals surface area contributed by atoms with Gasteiger partial charge in [0.25, 0.3) is 5.56 Å². The van der Waals surface area contributed by atoms with Gasteiger partial charge in [0.05, 0.1) is 5.39 Å². The number of H-pyrrole nitrogens is 1. The van der Waals surface area contributed by atoms with Crippen molar-refractivity contribution in [3.8, 4) is 0 Å². The number of ether oxygens (including phenoxy) is 1. The molecule has 2 aliphatic rings. The van der Waals surface area contributed by atoms with E-state index < -0.39 is 5.60 Å². The summed E-state index contributed by atoms with van der Waals surface area (Å²) in [6.45, 7) is 9.64. The monoisotopic (exact) mass is 495 g/mol. The number of nitrogens with zero attached hydrogens (tertiary/aromatic N) is 3. The summed E-state index contributed by atoms with van der Waals surface area (Å²) in [7, 11) is 0. The number of anilines is 2. The second-order valence-electron chi connectivity index (χ2n) is 10.4. The molecule has 2 N–H and O–H groups in total. The van der Waals surface area contributed by atoms with Gasteiger partial charge in [-0.3, -0.25) is 4.79 Å². The Morgan fingerprint density at radius 2 is 1.83 bits per heavy atom. The van der Waals surface area contributed by atoms with Crippen molar-refractivity contribution in [2.75, 3.05) is 36.4 Å². The fourth-order valence-electron chi connectivity index (χ4n) is 5.07. The summed E-state index contributed by atoms with van der Waals surface area (Å²) in [5.41, 5.74) is 2.52. The first-order valence-electron chi connectivity index (χ1n) is 11.9. The Balaban J connectivity index is 1.26. The van der Waals surface area contributed by atoms with Gasteiger partial charge in [0.15, 0.2) is 5.15 Å². The Hall–Kier alpha value is -3.26. The van der Waals surface area contributed by atoms with Crippen LogP contribution in [-0.4, -0.2) is 53.0 Å². The first-order valence-corrected chi connectivity index (χ1v) is 12.3. The number of hydrogen-bond donors (Lipinski definition) is 2. The van der Waals surface area contributed by atoms with Crippen LogP contribution in [0.3, 0.4) is 0 Å². The van der Waals surface area contributed by atoms with Gasteiger partial charge in [0.2, 0.25) is 0 Å². The molecule has 1 amide bonds. The minimum absolute atomic E-state index is 0.212. The molecule has 35 heavy (non-hydrogen) atoms. The lowest BCUT2D eigenvalue weighted by atomic mass is 10.0. The van der Waals surface area contributed by atoms with E-state index in [0.717, 1.165) is 31.9 Å². The number of aromatic nitrogens is 2. The van der Waals surface area contributed by atoms with Gasteiger partial charge in [-0.2, -0.15) is 5.10 Å². The number of carbonyl (C=O) groups is 1. The van der Waals surface area contributed by atoms with Crippen LogP contribution in [0.15, 0.2) is 47.3 Å². The lowest BCUT2D eigenvalue weighted by Gasteiger charge is -2.27. The highest BCUT2D eigenvalue weighted by molar-refractivity contribution is 6.34. The first-order chi connectivity index (χ1) is 16.7. The Kier molecular flexibility index (Phi) is 6.09. The highest BCUT2D eigenvalue weighted by Crippen LogP contribution is 2.36. The van der Waals surface area contributed by atoms with E-state index in [-0.39, 0.29) is 16.8 Å². The van der Waals surface area contributed by atoms with E-state index >= 15 is 0 Å². The van der Waals surface area contributed by atoms with Crippen LogP contribution in [0.4, 0.5) is 16.2 Å². The number of carbonyl (C=O) groups excluding carboxylic acids is 1. The number of likely N-dealkylation sites (tertiary alicyclic amines) is 1. The number of halogens is 1. The van der Waals surface area contributed by atoms with Crippen LogP contribution in [0.2, 0.25) is 5.15 Å². The van der Waals surface area contributed by atoms with E-state index in [4.69, 9.17) is 16.3 Å². The van der Waals surface area contributed by atoms with Crippen molar-refractivity contribution in [1.82, 2.24) is 15.1 Å². The molecular weight excluding hydrogens is 466 g/mol. The zero-order valence-electron chi connectivity index (χ0n) is 20.2. The Labute approximate surface area is 209 Å². The van der Waals surface area contributed by atoms with E-state index in [1.165, 1.54) is 11.3 Å². The SMILES string of the molecule is CC(C)(C)OC(=O)N1CC2CN(c3ccccc3CNc3ccc4c(=O)[nH]nc(Cl)c4c3)CC2C1. The smallest absolute Gasteiger partial charge is 0.410 e. The number of aromatic amines is 1. The van der Waals surface area contributed by atoms with Crippen LogP contribution >= 0.6 is 11.6 Å². The highest BCUT2D eigenvalue weighted by atomic mass is 35.5. The predicted molar refractivity (Wildman–Crippen MR) is 138 cm³/mol. The van der Waals surface area contributed by atoms with Gasteiger partial charge >= 0.3 is 6.09 Å². The Morgan fingerprint density at radius 3 is 2.54 bits per heavy atom. The van der Waals surface area contributed by atoms with Gasteiger partial charge in [0, 0.05) is 61.3 Å². The maximum absolute atomic E-state index is 12.5. The van der Waals surface area contributed by atoms with Gasteiger partial charge in [-0.05, 0) is 50.6 Å². The van der Waals surface area contributed by atoms with Crippen molar-refractivity contribution >= 4 is 39.8 Å². The molecule has 2 atom stereocenters. The molecule has 8 nitrogen and oxygen atoms in total. The molecule has 0 spiro atoms. The molecule has 2 aromatic carbocycles. The topological polar surface area (TPSA) is 90.6 Å². The number of para-hydroxylation sites is 1. The molecule has 0 aliphatic carbocycles. The summed E-state index contributed by atoms with van der Waals surface area (Å²) in [5, 5.41) is 11.1. The third-order valence-corrected chi connectivity index (χ3v) is 6.98. The molecule has 3 aromatic rings. The van der Waals surface area contributed by atoms with Crippen molar-refractivity contribution < 1.29 is 9.53 Å². The maximum Gasteiger partial charge on any atom is 0.410 e. The first kappa shape index (κ1) is 23.5. The second kappa shape index (κ2) is 9.07. The van der Waals surface area contributed by atoms with Crippen LogP contribution in [0.25, 0.3) is 10.8 Å². The van der Waals surface area contributed by atoms with E-state index in [1.54, 1.807) is 6.07 Å². The largest absolute Gasteiger partial charge is 0.444 e. The number of nitrogens with one attached hydrogen (secondary N) is 2. The van der Waals surface area contributed by atoms with Gasteiger partial charge in [0.1, 0.15) is 5.60 Å². The fourth-order valence-corrected chi connectivity index (χ4v) is 5.27. The summed E-state index contributed by atoms with van der Waals surface area (Å²) >= 11 is 6.19. The molecule has 3 heterocycles. The molecule has 9 heteroatoms. The average molecular weight is 496 g/mol. The summed E-state index contributed by atoms with van der Waals surface area (Å²) in [4.78, 5) is 28.8. The van der Waals surface area contributed by atoms with Crippen LogP contribution in [-0.2, 0) is 11.3 Å². The zero-order valence-corrected chi connectivity index (χ0v) is 20.9. The van der Waals surface area contributed by atoms with Crippen molar-refractivity contribution in [3.05, 3.63) is 63.5 Å². The van der Waals surface area contributed by atoms with Gasteiger partial charge < -0.3 is 19.9 Å². The summed E-state index contributed by atoms with van der Waals surface area (Å²) in [6, 6.07) is 13.9. The molecule has 1 aromatic heterocycles. The standard InChI is InChI=1S/C26H30ClN5O3/c1-26(2,3)35-25(34)32-14-17-12-31(13-18(17)15-32)22-7-5-4-6-16(22)11-28-19-8-9-20-21(10-19)23(27)29-30-24(20)33/h4-10,17-18,28H,11-15H2,1-3H3,(H,30,33). The summed E-state index contributed by atoms with van der Waals surface area (Å²) in [6.07, 6.45) is -0.212. The summed E-state index contributed by atoms with van der Waals surface area (Å²) < 4.78 is 5.57. The normalized spacial score (nSPS) is 19.8. The van der Waals surface area contributed by atoms with Crippen LogP contribution < -0.4 is 15.8 Å². The van der Waals surface area contributed by atoms with E-state index in [9.17, 15) is 9.59 Å². The van der Waals surface area contributed by atoms with Crippen LogP contribution in [0, 0.1) is 11.8 Å². The number of hydrogen-bond acceptors (Lipinski definition) is 6. The molecule has 2 unspecified atom stereocenters. The highest BCUT2D eigenvalue weighted by Gasteiger charge is 2.43. The molecule has 2 aliphatic heterocycles. The molecule has 2 fully saturated rings. The molecule has 0 bridgehead atoms. The van der Waals surface area contributed by atoms with E-state index in [2.05, 4.69) is 38.6 Å². The van der Waals surface area contributed by atoms with Gasteiger partial charge in [-0.15, -0.1) is 0 Å². The minimum Gasteiger partial charge on any atom is -0.444 e.